The Balaban J connectivity index is 1.17. The Hall–Kier alpha value is -6.86. The lowest BCUT2D eigenvalue weighted by Gasteiger charge is -2.39. The second-order valence-electron chi connectivity index (χ2n) is 16.2. The zero-order valence-electron chi connectivity index (χ0n) is 34.0. The topological polar surface area (TPSA) is 98.7 Å². The normalized spacial score (nSPS) is 12.8. The van der Waals surface area contributed by atoms with Crippen molar-refractivity contribution < 1.29 is 19.8 Å². The lowest BCUT2D eigenvalue weighted by atomic mass is 9.77. The highest BCUT2D eigenvalue weighted by molar-refractivity contribution is 5.98. The predicted molar refractivity (Wildman–Crippen MR) is 245 cm³/mol. The first-order valence-electron chi connectivity index (χ1n) is 20.9. The number of amides is 2. The van der Waals surface area contributed by atoms with Crippen LogP contribution in [-0.2, 0) is 35.3 Å². The molecule has 4 N–H and O–H groups in total. The molecule has 304 valence electrons. The summed E-state index contributed by atoms with van der Waals surface area (Å²) in [6.07, 6.45) is 0.398. The van der Waals surface area contributed by atoms with Gasteiger partial charge in [0.2, 0.25) is 11.8 Å². The molecule has 0 aliphatic heterocycles. The van der Waals surface area contributed by atoms with E-state index in [1.807, 2.05) is 206 Å². The smallest absolute Gasteiger partial charge is 0.230 e. The highest BCUT2D eigenvalue weighted by Gasteiger charge is 2.42. The molecule has 6 nitrogen and oxygen atoms in total. The van der Waals surface area contributed by atoms with Crippen LogP contribution in [0.3, 0.4) is 0 Å². The first-order chi connectivity index (χ1) is 29.8. The van der Waals surface area contributed by atoms with Crippen molar-refractivity contribution in [3.05, 3.63) is 240 Å². The summed E-state index contributed by atoms with van der Waals surface area (Å²) in [5.41, 5.74) is 2.09. The van der Waals surface area contributed by atoms with Crippen molar-refractivity contribution in [3.63, 3.8) is 0 Å². The van der Waals surface area contributed by atoms with Gasteiger partial charge >= 0.3 is 0 Å². The minimum atomic E-state index is -1.52. The Kier molecular flexibility index (Phi) is 12.5. The maximum Gasteiger partial charge on any atom is 0.230 e. The van der Waals surface area contributed by atoms with Crippen LogP contribution in [0, 0.1) is 0 Å². The standard InChI is InChI=1S/C55H50N2O4/c58-50(56-52(48-33-17-29-44-27-13-15-31-46(44)48)54(60,36-40-19-5-1-6-20-40)37-41-21-7-2-8-22-41)35-51(59)57-53(49-34-18-30-45-28-14-16-32-47(45)49)55(61,38-42-23-9-3-10-24-42)39-43-25-11-4-12-26-43/h1-34,52-53,60-61H,35-39H2,(H,56,58)(H,57,59). The molecule has 6 heteroatoms. The summed E-state index contributed by atoms with van der Waals surface area (Å²) >= 11 is 0. The van der Waals surface area contributed by atoms with E-state index in [9.17, 15) is 19.8 Å². The largest absolute Gasteiger partial charge is 0.387 e. The zero-order valence-corrected chi connectivity index (χ0v) is 34.0. The molecule has 8 rings (SSSR count). The van der Waals surface area contributed by atoms with Gasteiger partial charge in [0.05, 0.1) is 23.3 Å². The van der Waals surface area contributed by atoms with Gasteiger partial charge in [-0.25, -0.2) is 0 Å². The molecular formula is C55H50N2O4. The third kappa shape index (κ3) is 9.79. The number of carbonyl (C=O) groups is 2. The number of nitrogens with one attached hydrogen (secondary N) is 2. The average molecular weight is 803 g/mol. The van der Waals surface area contributed by atoms with Gasteiger partial charge in [0.15, 0.2) is 0 Å². The minimum Gasteiger partial charge on any atom is -0.387 e. The molecule has 0 aliphatic carbocycles. The van der Waals surface area contributed by atoms with E-state index in [4.69, 9.17) is 0 Å². The Morgan fingerprint density at radius 3 is 0.984 bits per heavy atom. The van der Waals surface area contributed by atoms with Gasteiger partial charge in [0.25, 0.3) is 0 Å². The highest BCUT2D eigenvalue weighted by Crippen LogP contribution is 2.38. The summed E-state index contributed by atoms with van der Waals surface area (Å²) in [7, 11) is 0. The number of hydrogen-bond acceptors (Lipinski definition) is 4. The molecule has 0 aliphatic rings. The fraction of sp³-hybridized carbons (Fsp3) is 0.164. The third-order valence-corrected chi connectivity index (χ3v) is 11.7. The van der Waals surface area contributed by atoms with Gasteiger partial charge < -0.3 is 20.8 Å². The fourth-order valence-corrected chi connectivity index (χ4v) is 8.91. The van der Waals surface area contributed by atoms with E-state index in [1.165, 1.54) is 0 Å². The van der Waals surface area contributed by atoms with E-state index >= 15 is 0 Å². The van der Waals surface area contributed by atoms with Crippen LogP contribution < -0.4 is 10.6 Å². The van der Waals surface area contributed by atoms with Gasteiger partial charge in [0.1, 0.15) is 6.42 Å². The number of aliphatic hydroxyl groups is 2. The molecule has 8 aromatic rings. The summed E-state index contributed by atoms with van der Waals surface area (Å²) in [6.45, 7) is 0. The second-order valence-corrected chi connectivity index (χ2v) is 16.2. The van der Waals surface area contributed by atoms with E-state index in [0.717, 1.165) is 54.9 Å². The monoisotopic (exact) mass is 802 g/mol. The van der Waals surface area contributed by atoms with Crippen LogP contribution in [0.2, 0.25) is 0 Å². The molecule has 2 atom stereocenters. The molecule has 0 saturated carbocycles. The van der Waals surface area contributed by atoms with Gasteiger partial charge in [-0.05, 0) is 54.9 Å². The van der Waals surface area contributed by atoms with Crippen LogP contribution in [0.25, 0.3) is 21.5 Å². The zero-order chi connectivity index (χ0) is 42.1. The van der Waals surface area contributed by atoms with Crippen molar-refractivity contribution in [2.24, 2.45) is 0 Å². The van der Waals surface area contributed by atoms with Crippen LogP contribution in [0.5, 0.6) is 0 Å². The molecule has 0 saturated heterocycles. The van der Waals surface area contributed by atoms with Crippen LogP contribution in [0.1, 0.15) is 51.9 Å². The predicted octanol–water partition coefficient (Wildman–Crippen LogP) is 9.83. The van der Waals surface area contributed by atoms with Crippen LogP contribution in [0.4, 0.5) is 0 Å². The summed E-state index contributed by atoms with van der Waals surface area (Å²) in [5.74, 6) is -1.11. The fourth-order valence-electron chi connectivity index (χ4n) is 8.91. The molecule has 2 amide bonds. The van der Waals surface area contributed by atoms with Gasteiger partial charge in [0, 0.05) is 25.7 Å². The Labute approximate surface area is 357 Å². The van der Waals surface area contributed by atoms with Gasteiger partial charge in [-0.1, -0.05) is 206 Å². The highest BCUT2D eigenvalue weighted by atomic mass is 16.3. The van der Waals surface area contributed by atoms with E-state index in [2.05, 4.69) is 10.6 Å². The van der Waals surface area contributed by atoms with E-state index < -0.39 is 41.5 Å². The van der Waals surface area contributed by atoms with Gasteiger partial charge in [-0.15, -0.1) is 0 Å². The number of carbonyl (C=O) groups excluding carboxylic acids is 2. The van der Waals surface area contributed by atoms with Crippen LogP contribution in [-0.4, -0.2) is 33.2 Å². The number of benzene rings is 8. The maximum absolute atomic E-state index is 14.5. The molecule has 0 aromatic heterocycles. The first kappa shape index (κ1) is 40.9. The molecule has 0 heterocycles. The first-order valence-corrected chi connectivity index (χ1v) is 20.9. The Bertz CT molecular complexity index is 2420. The SMILES string of the molecule is O=C(CC(=O)NC(c1cccc2ccccc12)C(O)(Cc1ccccc1)Cc1ccccc1)NC(c1cccc2ccccc12)C(O)(Cc1ccccc1)Cc1ccccc1. The molecule has 0 bridgehead atoms. The lowest BCUT2D eigenvalue weighted by molar-refractivity contribution is -0.133. The second kappa shape index (κ2) is 18.6. The Morgan fingerprint density at radius 1 is 0.377 bits per heavy atom. The van der Waals surface area contributed by atoms with Crippen molar-refractivity contribution in [1.29, 1.82) is 0 Å². The van der Waals surface area contributed by atoms with E-state index in [0.29, 0.717) is 0 Å². The number of rotatable bonds is 16. The Morgan fingerprint density at radius 2 is 0.656 bits per heavy atom. The molecule has 0 spiro atoms. The van der Waals surface area contributed by atoms with Crippen LogP contribution >= 0.6 is 0 Å². The molecule has 2 unspecified atom stereocenters. The lowest BCUT2D eigenvalue weighted by Crippen LogP contribution is -2.51. The van der Waals surface area contributed by atoms with Gasteiger partial charge in [-0.3, -0.25) is 9.59 Å². The molecule has 0 radical (unpaired) electrons. The molecular weight excluding hydrogens is 753 g/mol. The van der Waals surface area contributed by atoms with E-state index in [-0.39, 0.29) is 25.7 Å². The summed E-state index contributed by atoms with van der Waals surface area (Å²) in [4.78, 5) is 29.1. The molecule has 8 aromatic carbocycles. The quantitative estimate of drug-likeness (QED) is 0.0732. The molecule has 61 heavy (non-hydrogen) atoms. The van der Waals surface area contributed by atoms with Gasteiger partial charge in [-0.2, -0.15) is 0 Å². The average Bonchev–Trinajstić information content (AvgIpc) is 3.28. The number of fused-ring (bicyclic) bond motifs is 2. The number of hydrogen-bond donors (Lipinski definition) is 4. The van der Waals surface area contributed by atoms with Crippen molar-refractivity contribution >= 4 is 33.4 Å². The minimum absolute atomic E-state index is 0.234. The van der Waals surface area contributed by atoms with E-state index in [1.54, 1.807) is 0 Å². The van der Waals surface area contributed by atoms with Crippen molar-refractivity contribution in [1.82, 2.24) is 10.6 Å². The third-order valence-electron chi connectivity index (χ3n) is 11.7. The summed E-state index contributed by atoms with van der Waals surface area (Å²) in [5, 5.41) is 36.3. The summed E-state index contributed by atoms with van der Waals surface area (Å²) in [6, 6.07) is 64.9. The van der Waals surface area contributed by atoms with Crippen LogP contribution in [0.15, 0.2) is 206 Å². The van der Waals surface area contributed by atoms with Crippen molar-refractivity contribution in [3.8, 4) is 0 Å². The maximum atomic E-state index is 14.5. The molecule has 0 fully saturated rings. The summed E-state index contributed by atoms with van der Waals surface area (Å²) < 4.78 is 0. The van der Waals surface area contributed by atoms with Crippen molar-refractivity contribution in [2.75, 3.05) is 0 Å². The van der Waals surface area contributed by atoms with Crippen molar-refractivity contribution in [2.45, 2.75) is 55.4 Å².